The first-order valence-electron chi connectivity index (χ1n) is 2.35. The molecule has 36 valence electrons. The van der Waals surface area contributed by atoms with Crippen LogP contribution >= 0.6 is 0 Å². The van der Waals surface area contributed by atoms with Gasteiger partial charge in [-0.15, -0.1) is 0 Å². The molecule has 1 atom stereocenters. The maximum Gasteiger partial charge on any atom is 0.0749 e. The summed E-state index contributed by atoms with van der Waals surface area (Å²) in [6, 6.07) is 0.338. The van der Waals surface area contributed by atoms with Crippen LogP contribution in [0.1, 0.15) is 6.92 Å². The average molecular weight is 93.1 g/mol. The zero-order valence-electron chi connectivity index (χ0n) is 4.26. The van der Waals surface area contributed by atoms with E-state index in [4.69, 9.17) is 0 Å². The molecule has 0 amide bonds. The van der Waals surface area contributed by atoms with E-state index in [2.05, 4.69) is 10.9 Å². The van der Waals surface area contributed by atoms with Gasteiger partial charge in [0.1, 0.15) is 0 Å². The Morgan fingerprint density at radius 2 is 2.57 bits per heavy atom. The van der Waals surface area contributed by atoms with Crippen LogP contribution in [0.2, 0.25) is 0 Å². The van der Waals surface area contributed by atoms with E-state index in [9.17, 15) is 0 Å². The Balaban J connectivity index is 2.77. The first-order valence-corrected chi connectivity index (χ1v) is 2.35. The summed E-state index contributed by atoms with van der Waals surface area (Å²) in [5.74, 6) is 2.75. The zero-order valence-corrected chi connectivity index (χ0v) is 4.26. The first-order chi connectivity index (χ1) is 3.39. The van der Waals surface area contributed by atoms with E-state index in [1.165, 1.54) is 0 Å². The average Bonchev–Trinajstić information content (AvgIpc) is 1.69. The molecule has 1 nitrogen and oxygen atoms in total. The van der Waals surface area contributed by atoms with Crippen LogP contribution in [-0.4, -0.2) is 11.9 Å². The third-order valence-corrected chi connectivity index (χ3v) is 0.839. The predicted molar refractivity (Wildman–Crippen MR) is 30.6 cm³/mol. The van der Waals surface area contributed by atoms with Gasteiger partial charge in [0.2, 0.25) is 0 Å². The van der Waals surface area contributed by atoms with E-state index in [1.54, 1.807) is 6.08 Å². The van der Waals surface area contributed by atoms with Crippen molar-refractivity contribution in [3.63, 3.8) is 0 Å². The van der Waals surface area contributed by atoms with Gasteiger partial charge in [-0.2, -0.15) is 0 Å². The van der Waals surface area contributed by atoms with Gasteiger partial charge >= 0.3 is 0 Å². The molecule has 0 N–H and O–H groups in total. The van der Waals surface area contributed by atoms with Gasteiger partial charge in [0, 0.05) is 0 Å². The van der Waals surface area contributed by atoms with Crippen molar-refractivity contribution < 1.29 is 0 Å². The second-order valence-corrected chi connectivity index (χ2v) is 1.55. The number of hydrogen-bond acceptors (Lipinski definition) is 1. The molecule has 0 radical (unpaired) electrons. The highest BCUT2D eigenvalue weighted by Gasteiger charge is 1.88. The fourth-order valence-electron chi connectivity index (χ4n) is 0.463. The van der Waals surface area contributed by atoms with E-state index in [0.29, 0.717) is 6.04 Å². The summed E-state index contributed by atoms with van der Waals surface area (Å²) < 4.78 is 0. The van der Waals surface area contributed by atoms with Crippen molar-refractivity contribution in [1.82, 2.24) is 0 Å². The van der Waals surface area contributed by atoms with E-state index >= 15 is 0 Å². The molecule has 0 aromatic heterocycles. The topological polar surface area (TPSA) is 12.4 Å². The standard InChI is InChI=1S/C6H7N/c1-6-4-2-3-5-7-6/h2-4,6H,1H3. The molecule has 0 aliphatic carbocycles. The van der Waals surface area contributed by atoms with Crippen molar-refractivity contribution in [2.45, 2.75) is 13.0 Å². The first kappa shape index (κ1) is 4.35. The molecule has 0 saturated carbocycles. The van der Waals surface area contributed by atoms with E-state index in [0.717, 1.165) is 0 Å². The summed E-state index contributed by atoms with van der Waals surface area (Å²) in [7, 11) is 0. The minimum atomic E-state index is 0.338. The smallest absolute Gasteiger partial charge is 0.0749 e. The largest absolute Gasteiger partial charge is 0.236 e. The van der Waals surface area contributed by atoms with Gasteiger partial charge in [-0.25, -0.2) is 4.99 Å². The van der Waals surface area contributed by atoms with Crippen LogP contribution in [0.4, 0.5) is 0 Å². The second kappa shape index (κ2) is 1.76. The Labute approximate surface area is 43.1 Å². The molecule has 1 aliphatic heterocycles. The van der Waals surface area contributed by atoms with Crippen molar-refractivity contribution in [1.29, 1.82) is 0 Å². The zero-order chi connectivity index (χ0) is 5.11. The Morgan fingerprint density at radius 1 is 1.71 bits per heavy atom. The highest BCUT2D eigenvalue weighted by Crippen LogP contribution is 1.92. The number of rotatable bonds is 0. The van der Waals surface area contributed by atoms with Gasteiger partial charge in [-0.3, -0.25) is 0 Å². The van der Waals surface area contributed by atoms with Crippen molar-refractivity contribution in [2.75, 3.05) is 0 Å². The van der Waals surface area contributed by atoms with Gasteiger partial charge in [0.15, 0.2) is 0 Å². The highest BCUT2D eigenvalue weighted by molar-refractivity contribution is 5.56. The third-order valence-electron chi connectivity index (χ3n) is 0.839. The molecule has 0 saturated heterocycles. The minimum Gasteiger partial charge on any atom is -0.236 e. The Morgan fingerprint density at radius 3 is 2.86 bits per heavy atom. The Bertz CT molecular complexity index is 138. The molecule has 1 heterocycles. The fourth-order valence-corrected chi connectivity index (χ4v) is 0.463. The molecule has 0 aromatic carbocycles. The van der Waals surface area contributed by atoms with Gasteiger partial charge in [-0.1, -0.05) is 12.2 Å². The minimum absolute atomic E-state index is 0.338. The molecule has 1 heteroatoms. The summed E-state index contributed by atoms with van der Waals surface area (Å²) in [5.41, 5.74) is 0. The monoisotopic (exact) mass is 93.1 g/mol. The maximum atomic E-state index is 3.94. The van der Waals surface area contributed by atoms with Crippen molar-refractivity contribution in [3.8, 4) is 0 Å². The van der Waals surface area contributed by atoms with E-state index in [-0.39, 0.29) is 0 Å². The summed E-state index contributed by atoms with van der Waals surface area (Å²) in [4.78, 5) is 3.94. The summed E-state index contributed by atoms with van der Waals surface area (Å²) in [6.07, 6.45) is 5.79. The molecular weight excluding hydrogens is 86.1 g/mol. The number of allylic oxidation sites excluding steroid dienone is 2. The molecule has 0 spiro atoms. The highest BCUT2D eigenvalue weighted by atomic mass is 14.7. The summed E-state index contributed by atoms with van der Waals surface area (Å²) in [5, 5.41) is 0. The lowest BCUT2D eigenvalue weighted by atomic mass is 10.3. The van der Waals surface area contributed by atoms with Crippen LogP contribution in [0.25, 0.3) is 0 Å². The number of nitrogens with zero attached hydrogens (tertiary/aromatic N) is 1. The van der Waals surface area contributed by atoms with E-state index in [1.807, 2.05) is 19.1 Å². The van der Waals surface area contributed by atoms with Crippen LogP contribution in [0, 0.1) is 0 Å². The second-order valence-electron chi connectivity index (χ2n) is 1.55. The lowest BCUT2D eigenvalue weighted by molar-refractivity contribution is 0.931. The quantitative estimate of drug-likeness (QED) is 0.426. The molecule has 1 aliphatic rings. The van der Waals surface area contributed by atoms with Gasteiger partial charge < -0.3 is 0 Å². The molecule has 0 aromatic rings. The van der Waals surface area contributed by atoms with Gasteiger partial charge in [0.25, 0.3) is 0 Å². The molecule has 0 bridgehead atoms. The molecule has 0 fully saturated rings. The summed E-state index contributed by atoms with van der Waals surface area (Å²) in [6.45, 7) is 2.02. The van der Waals surface area contributed by atoms with Crippen molar-refractivity contribution >= 4 is 5.87 Å². The van der Waals surface area contributed by atoms with Crippen LogP contribution in [0.3, 0.4) is 0 Å². The van der Waals surface area contributed by atoms with Crippen molar-refractivity contribution in [2.24, 2.45) is 4.99 Å². The van der Waals surface area contributed by atoms with E-state index < -0.39 is 0 Å². The van der Waals surface area contributed by atoms with Crippen LogP contribution in [-0.2, 0) is 0 Å². The normalized spacial score (nSPS) is 26.1. The molecule has 7 heavy (non-hydrogen) atoms. The molecule has 1 rings (SSSR count). The molecule has 1 unspecified atom stereocenters. The lowest BCUT2D eigenvalue weighted by Crippen LogP contribution is -1.91. The summed E-state index contributed by atoms with van der Waals surface area (Å²) >= 11 is 0. The van der Waals surface area contributed by atoms with Gasteiger partial charge in [0.05, 0.1) is 6.04 Å². The Hall–Kier alpha value is -0.810. The van der Waals surface area contributed by atoms with Gasteiger partial charge in [-0.05, 0) is 18.9 Å². The SMILES string of the molecule is CC1C=CC=C=N1. The number of hydrogen-bond donors (Lipinski definition) is 0. The molecular formula is C6H7N. The van der Waals surface area contributed by atoms with Crippen LogP contribution in [0.15, 0.2) is 23.2 Å². The van der Waals surface area contributed by atoms with Crippen LogP contribution < -0.4 is 0 Å². The third kappa shape index (κ3) is 1.02. The lowest BCUT2D eigenvalue weighted by Gasteiger charge is -1.94. The van der Waals surface area contributed by atoms with Crippen molar-refractivity contribution in [3.05, 3.63) is 18.2 Å². The fraction of sp³-hybridized carbons (Fsp3) is 0.333. The Kier molecular flexibility index (Phi) is 1.10. The maximum absolute atomic E-state index is 3.94. The van der Waals surface area contributed by atoms with Crippen LogP contribution in [0.5, 0.6) is 0 Å². The predicted octanol–water partition coefficient (Wildman–Crippen LogP) is 1.17. The number of aliphatic imine (C=N–C) groups is 1.